The van der Waals surface area contributed by atoms with Crippen LogP contribution in [0.1, 0.15) is 40.0 Å². The van der Waals surface area contributed by atoms with Gasteiger partial charge >= 0.3 is 29.6 Å². The molecule has 0 aliphatic carbocycles. The number of carbonyl (C=O) groups excluding carboxylic acids is 2. The molecule has 2 amide bonds. The number of rotatable bonds is 4. The van der Waals surface area contributed by atoms with Gasteiger partial charge in [0.25, 0.3) is 5.91 Å². The van der Waals surface area contributed by atoms with Gasteiger partial charge in [-0.25, -0.2) is 4.99 Å². The van der Waals surface area contributed by atoms with Gasteiger partial charge in [0.05, 0.1) is 6.02 Å². The molecular weight excluding hydrogens is 281 g/mol. The van der Waals surface area contributed by atoms with Gasteiger partial charge in [-0.2, -0.15) is 0 Å². The third-order valence-electron chi connectivity index (χ3n) is 3.33. The average Bonchev–Trinajstić information content (AvgIpc) is 2.18. The van der Waals surface area contributed by atoms with Crippen LogP contribution < -0.4 is 46.1 Å². The van der Waals surface area contributed by atoms with E-state index in [0.29, 0.717) is 6.42 Å². The Hall–Kier alpha value is -0.140. The van der Waals surface area contributed by atoms with E-state index in [2.05, 4.69) is 10.3 Å². The summed E-state index contributed by atoms with van der Waals surface area (Å²) in [5.74, 6) is -1.20. The van der Waals surface area contributed by atoms with Crippen molar-refractivity contribution in [2.75, 3.05) is 0 Å². The fourth-order valence-electron chi connectivity index (χ4n) is 2.30. The number of carbonyl (C=O) groups is 2. The van der Waals surface area contributed by atoms with Crippen LogP contribution in [-0.2, 0) is 9.59 Å². The molecule has 0 fully saturated rings. The summed E-state index contributed by atoms with van der Waals surface area (Å²) in [5, 5.41) is 13.1. The molecule has 1 rings (SSSR count). The smallest absolute Gasteiger partial charge is 0.846 e. The van der Waals surface area contributed by atoms with E-state index in [1.165, 1.54) is 0 Å². The summed E-state index contributed by atoms with van der Waals surface area (Å²) in [4.78, 5) is 27.1. The second-order valence-electron chi connectivity index (χ2n) is 4.19. The molecular formula is C11H21ClN3NaO3. The molecule has 0 saturated carbocycles. The van der Waals surface area contributed by atoms with E-state index < -0.39 is 23.3 Å². The van der Waals surface area contributed by atoms with Crippen LogP contribution in [0.3, 0.4) is 0 Å². The molecule has 106 valence electrons. The van der Waals surface area contributed by atoms with Crippen molar-refractivity contribution in [2.24, 2.45) is 16.3 Å². The van der Waals surface area contributed by atoms with E-state index in [1.807, 2.05) is 13.8 Å². The van der Waals surface area contributed by atoms with Crippen molar-refractivity contribution in [1.29, 1.82) is 0 Å². The molecule has 4 N–H and O–H groups in total. The third kappa shape index (κ3) is 4.43. The molecule has 2 atom stereocenters. The van der Waals surface area contributed by atoms with Crippen molar-refractivity contribution < 1.29 is 44.3 Å². The predicted octanol–water partition coefficient (Wildman–Crippen LogP) is -2.22. The first-order valence-corrected chi connectivity index (χ1v) is 5.60. The van der Waals surface area contributed by atoms with Crippen LogP contribution in [0.25, 0.3) is 0 Å². The van der Waals surface area contributed by atoms with Crippen molar-refractivity contribution in [1.82, 2.24) is 11.5 Å². The van der Waals surface area contributed by atoms with Gasteiger partial charge in [-0.15, -0.1) is 12.4 Å². The molecule has 1 aliphatic heterocycles. The monoisotopic (exact) mass is 301 g/mol. The Morgan fingerprint density at radius 2 is 1.89 bits per heavy atom. The number of hydrogen-bond donors (Lipinski definition) is 2. The maximum atomic E-state index is 11.9. The van der Waals surface area contributed by atoms with Crippen LogP contribution in [0, 0.1) is 11.3 Å². The molecule has 0 bridgehead atoms. The Bertz CT molecular complexity index is 352. The quantitative estimate of drug-likeness (QED) is 0.452. The molecule has 0 aromatic carbocycles. The zero-order valence-corrected chi connectivity index (χ0v) is 14.8. The number of hydrogen-bond acceptors (Lipinski definition) is 4. The Morgan fingerprint density at radius 1 is 1.37 bits per heavy atom. The second kappa shape index (κ2) is 9.72. The summed E-state index contributed by atoms with van der Waals surface area (Å²) in [5.41, 5.74) is -1.15. The van der Waals surface area contributed by atoms with Crippen LogP contribution in [0.2, 0.25) is 0 Å². The van der Waals surface area contributed by atoms with Crippen molar-refractivity contribution in [3.63, 3.8) is 0 Å². The van der Waals surface area contributed by atoms with Crippen LogP contribution in [0.5, 0.6) is 0 Å². The van der Waals surface area contributed by atoms with Crippen LogP contribution >= 0.6 is 12.4 Å². The number of amides is 2. The van der Waals surface area contributed by atoms with E-state index in [0.717, 1.165) is 12.8 Å². The SMILES string of the molecule is CCCC(C)C1(CC)C(=O)N=C([O-])NC1=O.Cl.N.[Na+]. The standard InChI is InChI=1S/C11H18N2O3.ClH.H3N.Na/c1-4-6-7(3)11(5-2)8(14)12-10(16)13-9(11)15;;;/h7H,4-6H2,1-3H3,(H2,12,13,14,15,16);1H;1H3;/q;;;+1/p-1. The molecule has 1 aliphatic rings. The number of amidine groups is 1. The summed E-state index contributed by atoms with van der Waals surface area (Å²) < 4.78 is 0. The first-order chi connectivity index (χ1) is 7.48. The van der Waals surface area contributed by atoms with Crippen molar-refractivity contribution in [3.8, 4) is 0 Å². The third-order valence-corrected chi connectivity index (χ3v) is 3.33. The minimum atomic E-state index is -1.15. The van der Waals surface area contributed by atoms with Crippen LogP contribution in [-0.4, -0.2) is 17.8 Å². The minimum absolute atomic E-state index is 0. The molecule has 8 heteroatoms. The zero-order valence-electron chi connectivity index (χ0n) is 12.0. The maximum Gasteiger partial charge on any atom is 1.00 e. The van der Waals surface area contributed by atoms with Gasteiger partial charge < -0.3 is 16.6 Å². The normalized spacial score (nSPS) is 23.0. The summed E-state index contributed by atoms with van der Waals surface area (Å²) in [6, 6.07) is -0.845. The van der Waals surface area contributed by atoms with Gasteiger partial charge in [-0.05, 0) is 18.8 Å². The summed E-state index contributed by atoms with van der Waals surface area (Å²) in [7, 11) is 0. The summed E-state index contributed by atoms with van der Waals surface area (Å²) in [6.07, 6.45) is 2.02. The fraction of sp³-hybridized carbons (Fsp3) is 0.727. The van der Waals surface area contributed by atoms with Gasteiger partial charge in [0.2, 0.25) is 5.91 Å². The molecule has 6 nitrogen and oxygen atoms in total. The topological polar surface area (TPSA) is 117 Å². The molecule has 1 heterocycles. The predicted molar refractivity (Wildman–Crippen MR) is 69.7 cm³/mol. The number of nitrogens with zero attached hydrogens (tertiary/aromatic N) is 1. The van der Waals surface area contributed by atoms with E-state index in [-0.39, 0.29) is 54.0 Å². The van der Waals surface area contributed by atoms with E-state index in [4.69, 9.17) is 0 Å². The number of halogens is 1. The van der Waals surface area contributed by atoms with Gasteiger partial charge in [0.15, 0.2) is 0 Å². The Balaban J connectivity index is -0.000000853. The largest absolute Gasteiger partial charge is 1.00 e. The van der Waals surface area contributed by atoms with Crippen molar-refractivity contribution in [2.45, 2.75) is 40.0 Å². The number of aliphatic imine (C=N–C) groups is 1. The van der Waals surface area contributed by atoms with E-state index in [9.17, 15) is 14.7 Å². The molecule has 0 spiro atoms. The minimum Gasteiger partial charge on any atom is -0.846 e. The second-order valence-corrected chi connectivity index (χ2v) is 4.19. The molecule has 0 saturated heterocycles. The molecule has 19 heavy (non-hydrogen) atoms. The first-order valence-electron chi connectivity index (χ1n) is 5.60. The molecule has 0 aromatic rings. The molecule has 0 radical (unpaired) electrons. The molecule has 0 aromatic heterocycles. The van der Waals surface area contributed by atoms with Crippen LogP contribution in [0.15, 0.2) is 4.99 Å². The average molecular weight is 302 g/mol. The van der Waals surface area contributed by atoms with Gasteiger partial charge in [-0.3, -0.25) is 9.59 Å². The van der Waals surface area contributed by atoms with E-state index in [1.54, 1.807) is 6.92 Å². The van der Waals surface area contributed by atoms with E-state index >= 15 is 0 Å². The Morgan fingerprint density at radius 3 is 2.26 bits per heavy atom. The fourth-order valence-corrected chi connectivity index (χ4v) is 2.30. The molecule has 2 unspecified atom stereocenters. The maximum absolute atomic E-state index is 11.9. The van der Waals surface area contributed by atoms with Gasteiger partial charge in [0, 0.05) is 0 Å². The van der Waals surface area contributed by atoms with Gasteiger partial charge in [-0.1, -0.05) is 27.2 Å². The summed E-state index contributed by atoms with van der Waals surface area (Å²) in [6.45, 7) is 5.62. The Labute approximate surface area is 142 Å². The van der Waals surface area contributed by atoms with Gasteiger partial charge in [0.1, 0.15) is 5.41 Å². The van der Waals surface area contributed by atoms with Crippen LogP contribution in [0.4, 0.5) is 0 Å². The Kier molecular flexibility index (Phi) is 12.2. The number of nitrogens with one attached hydrogen (secondary N) is 1. The van der Waals surface area contributed by atoms with Crippen molar-refractivity contribution >= 4 is 30.2 Å². The van der Waals surface area contributed by atoms with Crippen molar-refractivity contribution in [3.05, 3.63) is 0 Å². The summed E-state index contributed by atoms with van der Waals surface area (Å²) >= 11 is 0. The first kappa shape index (κ1) is 23.9. The zero-order chi connectivity index (χ0) is 12.3.